The molecule has 0 aromatic carbocycles. The van der Waals surface area contributed by atoms with Crippen LogP contribution < -0.4 is 0 Å². The van der Waals surface area contributed by atoms with Crippen LogP contribution in [0, 0.1) is 0 Å². The highest BCUT2D eigenvalue weighted by Crippen LogP contribution is 2.24. The summed E-state index contributed by atoms with van der Waals surface area (Å²) in [5, 5.41) is 0.439. The van der Waals surface area contributed by atoms with Crippen molar-refractivity contribution in [1.82, 2.24) is 9.88 Å². The predicted molar refractivity (Wildman–Crippen MR) is 58.8 cm³/mol. The fraction of sp³-hybridized carbons (Fsp3) is 0.250. The van der Waals surface area contributed by atoms with E-state index in [0.29, 0.717) is 11.0 Å². The summed E-state index contributed by atoms with van der Waals surface area (Å²) in [4.78, 5) is 9.99. The first-order chi connectivity index (χ1) is 6.09. The van der Waals surface area contributed by atoms with Gasteiger partial charge in [0.05, 0.1) is 10.8 Å². The average Bonchev–Trinajstić information content (AvgIpc) is 2.06. The number of halogens is 2. The van der Waals surface area contributed by atoms with Crippen LogP contribution in [0.15, 0.2) is 21.6 Å². The van der Waals surface area contributed by atoms with Gasteiger partial charge >= 0.3 is 0 Å². The molecule has 0 aliphatic rings. The van der Waals surface area contributed by atoms with E-state index in [0.717, 1.165) is 4.47 Å². The van der Waals surface area contributed by atoms with E-state index in [4.69, 9.17) is 11.6 Å². The van der Waals surface area contributed by atoms with Gasteiger partial charge in [-0.05, 0) is 28.1 Å². The zero-order valence-corrected chi connectivity index (χ0v) is 9.67. The molecule has 0 amide bonds. The molecule has 0 saturated carbocycles. The van der Waals surface area contributed by atoms with Gasteiger partial charge in [-0.1, -0.05) is 11.6 Å². The Morgan fingerprint density at radius 2 is 2.23 bits per heavy atom. The third-order valence-electron chi connectivity index (χ3n) is 1.20. The number of hydrogen-bond acceptors (Lipinski definition) is 2. The second kappa shape index (κ2) is 4.58. The van der Waals surface area contributed by atoms with Crippen LogP contribution in [-0.2, 0) is 0 Å². The molecule has 70 valence electrons. The smallest absolute Gasteiger partial charge is 0.169 e. The summed E-state index contributed by atoms with van der Waals surface area (Å²) >= 11 is 9.04. The largest absolute Gasteiger partial charge is 0.369 e. The van der Waals surface area contributed by atoms with Crippen molar-refractivity contribution in [2.45, 2.75) is 0 Å². The number of pyridine rings is 1. The molecular formula is C8H9BrClN3. The number of aliphatic imine (C=N–C) groups is 1. The van der Waals surface area contributed by atoms with Crippen LogP contribution in [0.3, 0.4) is 0 Å². The van der Waals surface area contributed by atoms with Gasteiger partial charge in [-0.2, -0.15) is 0 Å². The van der Waals surface area contributed by atoms with Crippen molar-refractivity contribution in [2.75, 3.05) is 14.1 Å². The van der Waals surface area contributed by atoms with E-state index in [1.807, 2.05) is 25.1 Å². The Morgan fingerprint density at radius 3 is 2.85 bits per heavy atom. The van der Waals surface area contributed by atoms with Crippen molar-refractivity contribution in [2.24, 2.45) is 4.99 Å². The van der Waals surface area contributed by atoms with Crippen LogP contribution in [0.4, 0.5) is 5.82 Å². The van der Waals surface area contributed by atoms with E-state index in [-0.39, 0.29) is 0 Å². The minimum atomic E-state index is 0.439. The molecule has 0 N–H and O–H groups in total. The lowest BCUT2D eigenvalue weighted by Gasteiger charge is -2.02. The standard InChI is InChI=1S/C8H9BrClN3/c1-13(2)5-11-8-6(9)3-4-7(10)12-8/h3-5H,1-2H3/b11-5-. The minimum Gasteiger partial charge on any atom is -0.369 e. The third-order valence-corrected chi connectivity index (χ3v) is 2.03. The van der Waals surface area contributed by atoms with Crippen LogP contribution in [0.25, 0.3) is 0 Å². The molecule has 1 aromatic heterocycles. The molecule has 0 aliphatic carbocycles. The van der Waals surface area contributed by atoms with Crippen LogP contribution in [0.2, 0.25) is 5.15 Å². The molecule has 5 heteroatoms. The van der Waals surface area contributed by atoms with Crippen LogP contribution >= 0.6 is 27.5 Å². The van der Waals surface area contributed by atoms with Gasteiger partial charge in [0.1, 0.15) is 5.15 Å². The average molecular weight is 263 g/mol. The molecule has 0 radical (unpaired) electrons. The molecule has 0 unspecified atom stereocenters. The Morgan fingerprint density at radius 1 is 1.54 bits per heavy atom. The summed E-state index contributed by atoms with van der Waals surface area (Å²) in [5.74, 6) is 0.584. The van der Waals surface area contributed by atoms with Crippen molar-refractivity contribution < 1.29 is 0 Å². The monoisotopic (exact) mass is 261 g/mol. The predicted octanol–water partition coefficient (Wildman–Crippen LogP) is 2.72. The molecule has 1 rings (SSSR count). The summed E-state index contributed by atoms with van der Waals surface area (Å²) in [6.45, 7) is 0. The van der Waals surface area contributed by atoms with Gasteiger partial charge in [0.15, 0.2) is 5.82 Å². The lowest BCUT2D eigenvalue weighted by molar-refractivity contribution is 0.643. The van der Waals surface area contributed by atoms with Gasteiger partial charge in [0.2, 0.25) is 0 Å². The van der Waals surface area contributed by atoms with Gasteiger partial charge in [0.25, 0.3) is 0 Å². The van der Waals surface area contributed by atoms with E-state index in [1.54, 1.807) is 12.4 Å². The zero-order valence-electron chi connectivity index (χ0n) is 7.33. The number of aromatic nitrogens is 1. The zero-order chi connectivity index (χ0) is 9.84. The fourth-order valence-electron chi connectivity index (χ4n) is 0.669. The van der Waals surface area contributed by atoms with E-state index in [1.165, 1.54) is 0 Å². The Hall–Kier alpha value is -0.610. The molecular weight excluding hydrogens is 253 g/mol. The third kappa shape index (κ3) is 3.32. The number of rotatable bonds is 2. The lowest BCUT2D eigenvalue weighted by atomic mass is 10.5. The Bertz CT molecular complexity index is 325. The number of hydrogen-bond donors (Lipinski definition) is 0. The maximum absolute atomic E-state index is 5.71. The van der Waals surface area contributed by atoms with Crippen molar-refractivity contribution in [3.63, 3.8) is 0 Å². The first-order valence-electron chi connectivity index (χ1n) is 3.62. The van der Waals surface area contributed by atoms with Gasteiger partial charge in [-0.15, -0.1) is 0 Å². The summed E-state index contributed by atoms with van der Waals surface area (Å²) in [7, 11) is 3.78. The van der Waals surface area contributed by atoms with Crippen LogP contribution in [-0.4, -0.2) is 30.3 Å². The Balaban J connectivity index is 2.93. The van der Waals surface area contributed by atoms with Crippen molar-refractivity contribution in [3.8, 4) is 0 Å². The molecule has 3 nitrogen and oxygen atoms in total. The molecule has 0 aliphatic heterocycles. The van der Waals surface area contributed by atoms with E-state index >= 15 is 0 Å². The Labute approximate surface area is 90.6 Å². The Kier molecular flexibility index (Phi) is 3.69. The summed E-state index contributed by atoms with van der Waals surface area (Å²) in [5.41, 5.74) is 0. The highest BCUT2D eigenvalue weighted by Gasteiger charge is 1.99. The first-order valence-corrected chi connectivity index (χ1v) is 4.79. The SMILES string of the molecule is CN(C)/C=N\c1nc(Cl)ccc1Br. The van der Waals surface area contributed by atoms with Gasteiger partial charge in [-0.3, -0.25) is 0 Å². The van der Waals surface area contributed by atoms with Crippen LogP contribution in [0.5, 0.6) is 0 Å². The van der Waals surface area contributed by atoms with Gasteiger partial charge in [0, 0.05) is 14.1 Å². The normalized spacial score (nSPS) is 10.8. The van der Waals surface area contributed by atoms with Gasteiger partial charge < -0.3 is 4.90 Å². The van der Waals surface area contributed by atoms with Gasteiger partial charge in [-0.25, -0.2) is 9.98 Å². The second-order valence-electron chi connectivity index (χ2n) is 2.65. The molecule has 1 heterocycles. The highest BCUT2D eigenvalue weighted by molar-refractivity contribution is 9.10. The summed E-state index contributed by atoms with van der Waals surface area (Å²) in [6.07, 6.45) is 1.67. The van der Waals surface area contributed by atoms with Crippen molar-refractivity contribution >= 4 is 39.7 Å². The molecule has 0 saturated heterocycles. The molecule has 0 spiro atoms. The quantitative estimate of drug-likeness (QED) is 0.466. The van der Waals surface area contributed by atoms with E-state index in [9.17, 15) is 0 Å². The second-order valence-corrected chi connectivity index (χ2v) is 3.89. The summed E-state index contributed by atoms with van der Waals surface area (Å²) in [6, 6.07) is 3.53. The van der Waals surface area contributed by atoms with Crippen LogP contribution in [0.1, 0.15) is 0 Å². The maximum atomic E-state index is 5.71. The maximum Gasteiger partial charge on any atom is 0.169 e. The minimum absolute atomic E-state index is 0.439. The molecule has 0 atom stereocenters. The van der Waals surface area contributed by atoms with Crippen molar-refractivity contribution in [3.05, 3.63) is 21.8 Å². The number of nitrogens with zero attached hydrogens (tertiary/aromatic N) is 3. The lowest BCUT2D eigenvalue weighted by Crippen LogP contribution is -2.07. The summed E-state index contributed by atoms with van der Waals surface area (Å²) < 4.78 is 0.829. The van der Waals surface area contributed by atoms with E-state index < -0.39 is 0 Å². The first kappa shape index (κ1) is 10.5. The highest BCUT2D eigenvalue weighted by atomic mass is 79.9. The van der Waals surface area contributed by atoms with E-state index in [2.05, 4.69) is 25.9 Å². The molecule has 0 bridgehead atoms. The molecule has 0 fully saturated rings. The van der Waals surface area contributed by atoms with Crippen molar-refractivity contribution in [1.29, 1.82) is 0 Å². The molecule has 1 aromatic rings. The molecule has 13 heavy (non-hydrogen) atoms. The fourth-order valence-corrected chi connectivity index (χ4v) is 1.14. The topological polar surface area (TPSA) is 28.5 Å².